The van der Waals surface area contributed by atoms with Crippen molar-refractivity contribution < 1.29 is 0 Å². The van der Waals surface area contributed by atoms with Crippen LogP contribution in [0.5, 0.6) is 0 Å². The van der Waals surface area contributed by atoms with E-state index in [2.05, 4.69) is 47.7 Å². The molecule has 0 aliphatic carbocycles. The van der Waals surface area contributed by atoms with Crippen molar-refractivity contribution in [2.24, 2.45) is 0 Å². The first-order valence-electron chi connectivity index (χ1n) is 5.46. The first-order valence-corrected chi connectivity index (χ1v) is 6.86. The van der Waals surface area contributed by atoms with Gasteiger partial charge in [-0.05, 0) is 25.3 Å². The van der Waals surface area contributed by atoms with Crippen LogP contribution in [0.4, 0.5) is 5.82 Å². The van der Waals surface area contributed by atoms with Gasteiger partial charge in [-0.25, -0.2) is 4.98 Å². The molecule has 0 bridgehead atoms. The van der Waals surface area contributed by atoms with E-state index in [1.807, 2.05) is 17.8 Å². The van der Waals surface area contributed by atoms with Crippen molar-refractivity contribution in [3.05, 3.63) is 35.9 Å². The fourth-order valence-corrected chi connectivity index (χ4v) is 2.28. The molecule has 0 unspecified atom stereocenters. The summed E-state index contributed by atoms with van der Waals surface area (Å²) in [5.74, 6) is 2.02. The fraction of sp³-hybridized carbons (Fsp3) is 0.308. The Balaban J connectivity index is 2.51. The molecule has 0 saturated heterocycles. The summed E-state index contributed by atoms with van der Waals surface area (Å²) in [5.41, 5.74) is 2.34. The maximum Gasteiger partial charge on any atom is 0.130 e. The molecule has 0 aliphatic rings. The normalized spacial score (nSPS) is 10.6. The topological polar surface area (TPSA) is 24.9 Å². The maximum atomic E-state index is 4.66. The minimum Gasteiger partial charge on any atom is -0.370 e. The Morgan fingerprint density at radius 1 is 1.31 bits per heavy atom. The SMILES string of the molecule is CCNc1nc2ccccc2cc1CSC. The number of nitrogens with one attached hydrogen (secondary N) is 1. The highest BCUT2D eigenvalue weighted by atomic mass is 32.2. The van der Waals surface area contributed by atoms with Crippen LogP contribution in [0.15, 0.2) is 30.3 Å². The third kappa shape index (κ3) is 2.30. The molecule has 2 aromatic rings. The van der Waals surface area contributed by atoms with Crippen LogP contribution < -0.4 is 5.32 Å². The van der Waals surface area contributed by atoms with Crippen LogP contribution in [-0.4, -0.2) is 17.8 Å². The van der Waals surface area contributed by atoms with E-state index < -0.39 is 0 Å². The number of para-hydroxylation sites is 1. The molecule has 16 heavy (non-hydrogen) atoms. The Morgan fingerprint density at radius 2 is 2.12 bits per heavy atom. The lowest BCUT2D eigenvalue weighted by Crippen LogP contribution is -2.03. The zero-order valence-electron chi connectivity index (χ0n) is 9.66. The van der Waals surface area contributed by atoms with Crippen molar-refractivity contribution >= 4 is 28.5 Å². The highest BCUT2D eigenvalue weighted by molar-refractivity contribution is 7.97. The highest BCUT2D eigenvalue weighted by Gasteiger charge is 2.05. The van der Waals surface area contributed by atoms with Gasteiger partial charge in [-0.3, -0.25) is 0 Å². The van der Waals surface area contributed by atoms with E-state index in [1.165, 1.54) is 10.9 Å². The second-order valence-corrected chi connectivity index (χ2v) is 4.52. The van der Waals surface area contributed by atoms with Crippen LogP contribution in [0.2, 0.25) is 0 Å². The maximum absolute atomic E-state index is 4.66. The largest absolute Gasteiger partial charge is 0.370 e. The van der Waals surface area contributed by atoms with Gasteiger partial charge in [-0.1, -0.05) is 18.2 Å². The smallest absolute Gasteiger partial charge is 0.130 e. The summed E-state index contributed by atoms with van der Waals surface area (Å²) in [4.78, 5) is 4.66. The minimum absolute atomic E-state index is 0.909. The molecular weight excluding hydrogens is 216 g/mol. The molecule has 1 N–H and O–H groups in total. The van der Waals surface area contributed by atoms with Gasteiger partial charge in [0.05, 0.1) is 5.52 Å². The molecule has 84 valence electrons. The lowest BCUT2D eigenvalue weighted by Gasteiger charge is -2.10. The molecule has 0 radical (unpaired) electrons. The Kier molecular flexibility index (Phi) is 3.67. The van der Waals surface area contributed by atoms with Crippen molar-refractivity contribution in [1.29, 1.82) is 0 Å². The molecule has 1 heterocycles. The van der Waals surface area contributed by atoms with E-state index in [9.17, 15) is 0 Å². The summed E-state index contributed by atoms with van der Waals surface area (Å²) in [6.07, 6.45) is 2.12. The first kappa shape index (κ1) is 11.3. The van der Waals surface area contributed by atoms with Gasteiger partial charge in [0.15, 0.2) is 0 Å². The fourth-order valence-electron chi connectivity index (χ4n) is 1.75. The van der Waals surface area contributed by atoms with Gasteiger partial charge >= 0.3 is 0 Å². The van der Waals surface area contributed by atoms with E-state index >= 15 is 0 Å². The molecule has 0 amide bonds. The molecule has 2 nitrogen and oxygen atoms in total. The molecule has 2 rings (SSSR count). The number of fused-ring (bicyclic) bond motifs is 1. The Hall–Kier alpha value is -1.22. The van der Waals surface area contributed by atoms with Crippen molar-refractivity contribution in [3.8, 4) is 0 Å². The molecule has 1 aromatic heterocycles. The van der Waals surface area contributed by atoms with Gasteiger partial charge in [0, 0.05) is 23.2 Å². The van der Waals surface area contributed by atoms with Crippen molar-refractivity contribution in [1.82, 2.24) is 4.98 Å². The van der Waals surface area contributed by atoms with Crippen LogP contribution in [0, 0.1) is 0 Å². The minimum atomic E-state index is 0.909. The number of hydrogen-bond acceptors (Lipinski definition) is 3. The molecule has 1 aromatic carbocycles. The molecular formula is C13H16N2S. The van der Waals surface area contributed by atoms with E-state index in [0.29, 0.717) is 0 Å². The summed E-state index contributed by atoms with van der Waals surface area (Å²) >= 11 is 1.82. The summed E-state index contributed by atoms with van der Waals surface area (Å²) in [7, 11) is 0. The monoisotopic (exact) mass is 232 g/mol. The number of hydrogen-bond donors (Lipinski definition) is 1. The molecule has 0 aliphatic heterocycles. The Morgan fingerprint density at radius 3 is 2.88 bits per heavy atom. The highest BCUT2D eigenvalue weighted by Crippen LogP contribution is 2.23. The predicted octanol–water partition coefficient (Wildman–Crippen LogP) is 3.53. The number of nitrogens with zero attached hydrogens (tertiary/aromatic N) is 1. The molecule has 3 heteroatoms. The van der Waals surface area contributed by atoms with E-state index in [0.717, 1.165) is 23.6 Å². The van der Waals surface area contributed by atoms with Crippen molar-refractivity contribution in [2.75, 3.05) is 18.1 Å². The summed E-state index contributed by atoms with van der Waals surface area (Å²) in [6, 6.07) is 10.5. The van der Waals surface area contributed by atoms with Crippen LogP contribution in [0.1, 0.15) is 12.5 Å². The second-order valence-electron chi connectivity index (χ2n) is 3.65. The third-order valence-electron chi connectivity index (χ3n) is 2.45. The van der Waals surface area contributed by atoms with Crippen LogP contribution in [0.3, 0.4) is 0 Å². The molecule has 0 spiro atoms. The zero-order chi connectivity index (χ0) is 11.4. The average molecular weight is 232 g/mol. The van der Waals surface area contributed by atoms with E-state index in [1.54, 1.807) is 0 Å². The van der Waals surface area contributed by atoms with Gasteiger partial charge in [0.1, 0.15) is 5.82 Å². The summed E-state index contributed by atoms with van der Waals surface area (Å²) in [6.45, 7) is 3.01. The average Bonchev–Trinajstić information content (AvgIpc) is 2.30. The summed E-state index contributed by atoms with van der Waals surface area (Å²) in [5, 5.41) is 4.54. The van der Waals surface area contributed by atoms with Crippen molar-refractivity contribution in [2.45, 2.75) is 12.7 Å². The number of pyridine rings is 1. The van der Waals surface area contributed by atoms with Gasteiger partial charge in [0.25, 0.3) is 0 Å². The van der Waals surface area contributed by atoms with Crippen LogP contribution in [0.25, 0.3) is 10.9 Å². The standard InChI is InChI=1S/C13H16N2S/c1-3-14-13-11(9-16-2)8-10-6-4-5-7-12(10)15-13/h4-8H,3,9H2,1-2H3,(H,14,15). The van der Waals surface area contributed by atoms with Gasteiger partial charge in [-0.15, -0.1) is 0 Å². The number of anilines is 1. The number of aromatic nitrogens is 1. The number of thioether (sulfide) groups is 1. The Bertz CT molecular complexity index is 438. The number of rotatable bonds is 4. The molecule has 0 fully saturated rings. The van der Waals surface area contributed by atoms with Gasteiger partial charge in [-0.2, -0.15) is 11.8 Å². The van der Waals surface area contributed by atoms with Crippen LogP contribution >= 0.6 is 11.8 Å². The quantitative estimate of drug-likeness (QED) is 0.873. The van der Waals surface area contributed by atoms with E-state index in [4.69, 9.17) is 0 Å². The second kappa shape index (κ2) is 5.21. The van der Waals surface area contributed by atoms with Gasteiger partial charge < -0.3 is 5.32 Å². The lowest BCUT2D eigenvalue weighted by molar-refractivity contribution is 1.15. The van der Waals surface area contributed by atoms with Gasteiger partial charge in [0.2, 0.25) is 0 Å². The summed E-state index contributed by atoms with van der Waals surface area (Å²) < 4.78 is 0. The molecule has 0 saturated carbocycles. The van der Waals surface area contributed by atoms with Crippen LogP contribution in [-0.2, 0) is 5.75 Å². The first-order chi connectivity index (χ1) is 7.85. The lowest BCUT2D eigenvalue weighted by atomic mass is 10.1. The van der Waals surface area contributed by atoms with Crippen molar-refractivity contribution in [3.63, 3.8) is 0 Å². The zero-order valence-corrected chi connectivity index (χ0v) is 10.5. The molecule has 0 atom stereocenters. The predicted molar refractivity (Wildman–Crippen MR) is 73.1 cm³/mol. The number of benzene rings is 1. The Labute approximate surface area is 100 Å². The third-order valence-corrected chi connectivity index (χ3v) is 3.05. The van der Waals surface area contributed by atoms with E-state index in [-0.39, 0.29) is 0 Å².